The van der Waals surface area contributed by atoms with Crippen molar-refractivity contribution in [2.24, 2.45) is 5.92 Å². The fourth-order valence-corrected chi connectivity index (χ4v) is 1.54. The second-order valence-corrected chi connectivity index (χ2v) is 4.47. The van der Waals surface area contributed by atoms with E-state index in [1.807, 2.05) is 0 Å². The summed E-state index contributed by atoms with van der Waals surface area (Å²) < 4.78 is 18.2. The van der Waals surface area contributed by atoms with Crippen molar-refractivity contribution in [3.05, 3.63) is 29.8 Å². The lowest BCUT2D eigenvalue weighted by atomic mass is 10.3. The topological polar surface area (TPSA) is 51.2 Å². The molecule has 0 spiro atoms. The summed E-state index contributed by atoms with van der Waals surface area (Å²) in [5, 5.41) is 2.68. The molecule has 1 saturated carbocycles. The maximum atomic E-state index is 12.8. The predicted octanol–water partition coefficient (Wildman–Crippen LogP) is 1.77. The molecule has 2 rings (SSSR count). The van der Waals surface area contributed by atoms with Crippen molar-refractivity contribution in [3.63, 3.8) is 0 Å². The molecule has 1 amide bonds. The number of amides is 1. The first-order chi connectivity index (χ1) is 8.75. The fourth-order valence-electron chi connectivity index (χ4n) is 1.54. The number of halogens is 1. The van der Waals surface area contributed by atoms with Crippen LogP contribution in [-0.4, -0.2) is 30.6 Å². The van der Waals surface area contributed by atoms with Crippen molar-refractivity contribution in [2.45, 2.75) is 19.3 Å². The fraction of sp³-hybridized carbons (Fsp3) is 0.538. The van der Waals surface area contributed by atoms with Crippen LogP contribution in [-0.2, 0) is 4.74 Å². The van der Waals surface area contributed by atoms with E-state index in [1.54, 1.807) is 0 Å². The maximum Gasteiger partial charge on any atom is 0.269 e. The van der Waals surface area contributed by atoms with E-state index in [1.165, 1.54) is 31.0 Å². The van der Waals surface area contributed by atoms with E-state index in [2.05, 4.69) is 10.3 Å². The van der Waals surface area contributed by atoms with E-state index >= 15 is 0 Å². The summed E-state index contributed by atoms with van der Waals surface area (Å²) in [6, 6.07) is 4.17. The molecule has 1 heterocycles. The third-order valence-electron chi connectivity index (χ3n) is 2.75. The van der Waals surface area contributed by atoms with Crippen LogP contribution < -0.4 is 5.32 Å². The summed E-state index contributed by atoms with van der Waals surface area (Å²) in [7, 11) is 0. The Morgan fingerprint density at radius 1 is 1.50 bits per heavy atom. The van der Waals surface area contributed by atoms with Crippen LogP contribution in [0.1, 0.15) is 29.8 Å². The first-order valence-electron chi connectivity index (χ1n) is 6.24. The van der Waals surface area contributed by atoms with Crippen LogP contribution in [0.5, 0.6) is 0 Å². The number of carbonyl (C=O) groups is 1. The zero-order valence-corrected chi connectivity index (χ0v) is 10.2. The summed E-state index contributed by atoms with van der Waals surface area (Å²) in [5.41, 5.74) is 0.105. The van der Waals surface area contributed by atoms with Gasteiger partial charge in [0.05, 0.1) is 0 Å². The van der Waals surface area contributed by atoms with E-state index in [4.69, 9.17) is 4.74 Å². The van der Waals surface area contributed by atoms with Crippen molar-refractivity contribution in [2.75, 3.05) is 19.8 Å². The second kappa shape index (κ2) is 6.44. The standard InChI is InChI=1S/C13H17FN2O2/c14-12-4-1-3-11(16-12)13(17)15-7-2-8-18-9-10-5-6-10/h1,3-4,10H,2,5-9H2,(H,15,17). The zero-order valence-electron chi connectivity index (χ0n) is 10.2. The number of carbonyl (C=O) groups excluding carboxylic acids is 1. The van der Waals surface area contributed by atoms with Gasteiger partial charge in [0.15, 0.2) is 0 Å². The molecule has 0 radical (unpaired) electrons. The summed E-state index contributed by atoms with van der Waals surface area (Å²) >= 11 is 0. The van der Waals surface area contributed by atoms with Crippen LogP contribution >= 0.6 is 0 Å². The molecular formula is C13H17FN2O2. The molecule has 98 valence electrons. The van der Waals surface area contributed by atoms with Crippen LogP contribution in [0.15, 0.2) is 18.2 Å². The van der Waals surface area contributed by atoms with Gasteiger partial charge < -0.3 is 10.1 Å². The zero-order chi connectivity index (χ0) is 12.8. The van der Waals surface area contributed by atoms with Crippen LogP contribution in [0.4, 0.5) is 4.39 Å². The van der Waals surface area contributed by atoms with Crippen molar-refractivity contribution in [3.8, 4) is 0 Å². The van der Waals surface area contributed by atoms with Crippen molar-refractivity contribution in [1.29, 1.82) is 0 Å². The Balaban J connectivity index is 1.59. The quantitative estimate of drug-likeness (QED) is 0.594. The van der Waals surface area contributed by atoms with Gasteiger partial charge in [0, 0.05) is 19.8 Å². The van der Waals surface area contributed by atoms with E-state index in [0.717, 1.165) is 18.9 Å². The van der Waals surface area contributed by atoms with Crippen LogP contribution in [0.3, 0.4) is 0 Å². The highest BCUT2D eigenvalue weighted by atomic mass is 19.1. The lowest BCUT2D eigenvalue weighted by Crippen LogP contribution is -2.26. The molecule has 1 aromatic rings. The lowest BCUT2D eigenvalue weighted by molar-refractivity contribution is 0.0931. The van der Waals surface area contributed by atoms with E-state index in [-0.39, 0.29) is 11.6 Å². The Morgan fingerprint density at radius 3 is 3.06 bits per heavy atom. The van der Waals surface area contributed by atoms with Gasteiger partial charge in [0.2, 0.25) is 5.95 Å². The summed E-state index contributed by atoms with van der Waals surface area (Å²) in [6.07, 6.45) is 3.32. The monoisotopic (exact) mass is 252 g/mol. The minimum absolute atomic E-state index is 0.105. The Labute approximate surface area is 106 Å². The number of nitrogens with zero attached hydrogens (tertiary/aromatic N) is 1. The second-order valence-electron chi connectivity index (χ2n) is 4.47. The van der Waals surface area contributed by atoms with E-state index in [9.17, 15) is 9.18 Å². The van der Waals surface area contributed by atoms with Gasteiger partial charge in [-0.05, 0) is 37.3 Å². The summed E-state index contributed by atoms with van der Waals surface area (Å²) in [6.45, 7) is 1.99. The minimum Gasteiger partial charge on any atom is -0.381 e. The molecule has 1 fully saturated rings. The predicted molar refractivity (Wildman–Crippen MR) is 64.7 cm³/mol. The van der Waals surface area contributed by atoms with Gasteiger partial charge >= 0.3 is 0 Å². The molecule has 5 heteroatoms. The number of hydrogen-bond acceptors (Lipinski definition) is 3. The number of aromatic nitrogens is 1. The largest absolute Gasteiger partial charge is 0.381 e. The molecule has 1 aromatic heterocycles. The van der Waals surface area contributed by atoms with Crippen molar-refractivity contribution in [1.82, 2.24) is 10.3 Å². The van der Waals surface area contributed by atoms with Gasteiger partial charge in [-0.15, -0.1) is 0 Å². The highest BCUT2D eigenvalue weighted by Crippen LogP contribution is 2.28. The molecule has 1 N–H and O–H groups in total. The van der Waals surface area contributed by atoms with Gasteiger partial charge in [0.1, 0.15) is 5.69 Å². The molecular weight excluding hydrogens is 235 g/mol. The maximum absolute atomic E-state index is 12.8. The lowest BCUT2D eigenvalue weighted by Gasteiger charge is -2.05. The number of nitrogens with one attached hydrogen (secondary N) is 1. The molecule has 0 atom stereocenters. The number of hydrogen-bond donors (Lipinski definition) is 1. The van der Waals surface area contributed by atoms with E-state index < -0.39 is 5.95 Å². The molecule has 1 aliphatic rings. The Kier molecular flexibility index (Phi) is 4.64. The molecule has 1 aliphatic carbocycles. The first kappa shape index (κ1) is 13.0. The summed E-state index contributed by atoms with van der Waals surface area (Å²) in [4.78, 5) is 15.1. The third-order valence-corrected chi connectivity index (χ3v) is 2.75. The van der Waals surface area contributed by atoms with Gasteiger partial charge in [-0.1, -0.05) is 6.07 Å². The van der Waals surface area contributed by atoms with Crippen LogP contribution in [0.25, 0.3) is 0 Å². The number of pyridine rings is 1. The Hall–Kier alpha value is -1.49. The van der Waals surface area contributed by atoms with Gasteiger partial charge in [-0.2, -0.15) is 4.39 Å². The smallest absolute Gasteiger partial charge is 0.269 e. The van der Waals surface area contributed by atoms with Gasteiger partial charge in [0.25, 0.3) is 5.91 Å². The van der Waals surface area contributed by atoms with Crippen molar-refractivity contribution >= 4 is 5.91 Å². The molecule has 0 bridgehead atoms. The molecule has 0 unspecified atom stereocenters. The van der Waals surface area contributed by atoms with Crippen LogP contribution in [0.2, 0.25) is 0 Å². The van der Waals surface area contributed by atoms with Gasteiger partial charge in [-0.3, -0.25) is 4.79 Å². The Bertz CT molecular complexity index is 408. The average Bonchev–Trinajstić information content (AvgIpc) is 3.17. The highest BCUT2D eigenvalue weighted by Gasteiger charge is 2.20. The summed E-state index contributed by atoms with van der Waals surface area (Å²) in [5.74, 6) is -0.233. The molecule has 0 aliphatic heterocycles. The average molecular weight is 252 g/mol. The molecule has 0 saturated heterocycles. The number of rotatable bonds is 7. The molecule has 0 aromatic carbocycles. The molecule has 4 nitrogen and oxygen atoms in total. The minimum atomic E-state index is -0.643. The normalized spacial score (nSPS) is 14.5. The Morgan fingerprint density at radius 2 is 2.33 bits per heavy atom. The SMILES string of the molecule is O=C(NCCCOCC1CC1)c1cccc(F)n1. The highest BCUT2D eigenvalue weighted by molar-refractivity contribution is 5.92. The third kappa shape index (κ3) is 4.41. The van der Waals surface area contributed by atoms with Crippen molar-refractivity contribution < 1.29 is 13.9 Å². The van der Waals surface area contributed by atoms with Crippen LogP contribution in [0, 0.1) is 11.9 Å². The molecule has 18 heavy (non-hydrogen) atoms. The van der Waals surface area contributed by atoms with Gasteiger partial charge in [-0.25, -0.2) is 4.98 Å². The first-order valence-corrected chi connectivity index (χ1v) is 6.24. The van der Waals surface area contributed by atoms with E-state index in [0.29, 0.717) is 13.2 Å². The number of ether oxygens (including phenoxy) is 1.